The van der Waals surface area contributed by atoms with Crippen molar-refractivity contribution in [2.24, 2.45) is 0 Å². The largest absolute Gasteiger partial charge is 0.692 e. The molecule has 7 heavy (non-hydrogen) atoms. The average molecular weight is 185 g/mol. The van der Waals surface area contributed by atoms with Crippen LogP contribution in [-0.2, 0) is 4.57 Å². The van der Waals surface area contributed by atoms with Crippen LogP contribution in [0.2, 0.25) is 0 Å². The minimum atomic E-state index is -2.87. The quantitative estimate of drug-likeness (QED) is 0.529. The van der Waals surface area contributed by atoms with E-state index in [1.54, 1.807) is 0 Å². The van der Waals surface area contributed by atoms with E-state index in [-0.39, 0.29) is 32.2 Å². The first kappa shape index (κ1) is 24.2. The molecule has 0 aromatic carbocycles. The van der Waals surface area contributed by atoms with Gasteiger partial charge in [0.25, 0.3) is 0 Å². The molecule has 2 atom stereocenters. The van der Waals surface area contributed by atoms with Crippen molar-refractivity contribution in [1.82, 2.24) is 0 Å². The second kappa shape index (κ2) is 15.7. The SMILES string of the molecule is Cl.O=[P+](O)O.P.P. The van der Waals surface area contributed by atoms with E-state index in [2.05, 4.69) is 0 Å². The van der Waals surface area contributed by atoms with E-state index in [4.69, 9.17) is 14.4 Å². The Kier molecular flexibility index (Phi) is 54.2. The standard InChI is InChI=1S/ClH.HO3P.2H3P/c;1-4(2)3;;/h1H;(H-,1,2,3);2*1H3/p+1. The van der Waals surface area contributed by atoms with Crippen LogP contribution < -0.4 is 0 Å². The summed E-state index contributed by atoms with van der Waals surface area (Å²) < 4.78 is 8.70. The molecule has 0 bridgehead atoms. The van der Waals surface area contributed by atoms with Gasteiger partial charge in [0.2, 0.25) is 0 Å². The fourth-order valence-electron chi connectivity index (χ4n) is 0. The average Bonchev–Trinajstić information content (AvgIpc) is 0.811. The van der Waals surface area contributed by atoms with Crippen molar-refractivity contribution in [3.63, 3.8) is 0 Å². The Balaban J connectivity index is -0.0000000150. The lowest BCUT2D eigenvalue weighted by Crippen LogP contribution is -1.38. The molecule has 0 aromatic rings. The summed E-state index contributed by atoms with van der Waals surface area (Å²) in [6.45, 7) is 0. The third kappa shape index (κ3) is 140. The normalized spacial score (nSPS) is 3.71. The lowest BCUT2D eigenvalue weighted by Gasteiger charge is -1.34. The molecule has 0 rings (SSSR count). The first-order valence-corrected chi connectivity index (χ1v) is 1.75. The van der Waals surface area contributed by atoms with Gasteiger partial charge in [0.15, 0.2) is 0 Å². The number of hydrogen-bond acceptors (Lipinski definition) is 1. The van der Waals surface area contributed by atoms with Crippen LogP contribution in [0.4, 0.5) is 0 Å². The summed E-state index contributed by atoms with van der Waals surface area (Å²) in [6.07, 6.45) is 0. The fourth-order valence-corrected chi connectivity index (χ4v) is 0. The highest BCUT2D eigenvalue weighted by Gasteiger charge is 1.93. The van der Waals surface area contributed by atoms with Gasteiger partial charge in [0.1, 0.15) is 0 Å². The molecule has 0 aliphatic rings. The monoisotopic (exact) mass is 185 g/mol. The highest BCUT2D eigenvalue weighted by molar-refractivity contribution is 7.30. The Bertz CT molecular complexity index is 33.2. The van der Waals surface area contributed by atoms with Crippen molar-refractivity contribution in [3.8, 4) is 0 Å². The molecule has 0 spiro atoms. The van der Waals surface area contributed by atoms with Crippen molar-refractivity contribution < 1.29 is 14.4 Å². The maximum Gasteiger partial charge on any atom is 0.692 e. The first-order chi connectivity index (χ1) is 1.73. The minimum absolute atomic E-state index is 0. The molecular weight excluding hydrogens is 176 g/mol. The van der Waals surface area contributed by atoms with Crippen LogP contribution in [0, 0.1) is 0 Å². The maximum atomic E-state index is 8.70. The third-order valence-electron chi connectivity index (χ3n) is 0. The fraction of sp³-hybridized carbons (Fsp3) is 0. The molecule has 7 heteroatoms. The van der Waals surface area contributed by atoms with Gasteiger partial charge in [-0.05, 0) is 0 Å². The van der Waals surface area contributed by atoms with E-state index >= 15 is 0 Å². The van der Waals surface area contributed by atoms with Crippen LogP contribution in [0.25, 0.3) is 0 Å². The predicted octanol–water partition coefficient (Wildman–Crippen LogP) is 0.166. The zero-order valence-electron chi connectivity index (χ0n) is 3.57. The summed E-state index contributed by atoms with van der Waals surface area (Å²) in [7, 11) is -2.87. The molecule has 2 unspecified atom stereocenters. The van der Waals surface area contributed by atoms with Crippen molar-refractivity contribution in [2.75, 3.05) is 0 Å². The van der Waals surface area contributed by atoms with Gasteiger partial charge >= 0.3 is 8.25 Å². The molecule has 0 radical (unpaired) electrons. The van der Waals surface area contributed by atoms with Gasteiger partial charge in [-0.25, -0.2) is 0 Å². The second-order valence-electron chi connectivity index (χ2n) is 0.253. The lowest BCUT2D eigenvalue weighted by atomic mass is 15.8. The van der Waals surface area contributed by atoms with Crippen molar-refractivity contribution >= 4 is 40.5 Å². The van der Waals surface area contributed by atoms with E-state index in [0.29, 0.717) is 0 Å². The Morgan fingerprint density at radius 3 is 1.14 bits per heavy atom. The number of rotatable bonds is 0. The van der Waals surface area contributed by atoms with Crippen LogP contribution in [0.3, 0.4) is 0 Å². The second-order valence-corrected chi connectivity index (χ2v) is 0.758. The van der Waals surface area contributed by atoms with Gasteiger partial charge in [-0.15, -0.1) is 22.2 Å². The third-order valence-corrected chi connectivity index (χ3v) is 0. The molecule has 0 aliphatic carbocycles. The first-order valence-electron chi connectivity index (χ1n) is 0.583. The van der Waals surface area contributed by atoms with Gasteiger partial charge in [0, 0.05) is 4.57 Å². The summed E-state index contributed by atoms with van der Waals surface area (Å²) in [5.74, 6) is 0. The van der Waals surface area contributed by atoms with Crippen LogP contribution in [0.1, 0.15) is 0 Å². The molecule has 0 amide bonds. The summed E-state index contributed by atoms with van der Waals surface area (Å²) in [5, 5.41) is 0. The number of halogens is 1. The van der Waals surface area contributed by atoms with Crippen LogP contribution in [0.15, 0.2) is 0 Å². The lowest BCUT2D eigenvalue weighted by molar-refractivity contribution is 0.405. The zero-order valence-corrected chi connectivity index (χ0v) is 8.11. The van der Waals surface area contributed by atoms with E-state index in [1.807, 2.05) is 0 Å². The summed E-state index contributed by atoms with van der Waals surface area (Å²) in [6, 6.07) is 0. The molecule has 0 aliphatic heterocycles. The van der Waals surface area contributed by atoms with Gasteiger partial charge < -0.3 is 0 Å². The molecule has 0 aromatic heterocycles. The van der Waals surface area contributed by atoms with Gasteiger partial charge in [0.05, 0.1) is 0 Å². The predicted molar refractivity (Wildman–Crippen MR) is 41.5 cm³/mol. The van der Waals surface area contributed by atoms with E-state index in [9.17, 15) is 0 Å². The van der Waals surface area contributed by atoms with Crippen molar-refractivity contribution in [2.45, 2.75) is 0 Å². The van der Waals surface area contributed by atoms with Crippen molar-refractivity contribution in [3.05, 3.63) is 0 Å². The topological polar surface area (TPSA) is 57.5 Å². The van der Waals surface area contributed by atoms with Crippen LogP contribution >= 0.6 is 40.5 Å². The van der Waals surface area contributed by atoms with Crippen LogP contribution in [-0.4, -0.2) is 9.79 Å². The molecule has 0 fully saturated rings. The molecule has 0 saturated heterocycles. The van der Waals surface area contributed by atoms with Gasteiger partial charge in [-0.3, -0.25) is 0 Å². The smallest absolute Gasteiger partial charge is 0.153 e. The molecule has 3 nitrogen and oxygen atoms in total. The van der Waals surface area contributed by atoms with Crippen molar-refractivity contribution in [1.29, 1.82) is 0 Å². The van der Waals surface area contributed by atoms with Gasteiger partial charge in [-0.2, -0.15) is 19.8 Å². The van der Waals surface area contributed by atoms with E-state index in [0.717, 1.165) is 0 Å². The summed E-state index contributed by atoms with van der Waals surface area (Å²) in [4.78, 5) is 14.2. The zero-order chi connectivity index (χ0) is 3.58. The van der Waals surface area contributed by atoms with Crippen LogP contribution in [0.5, 0.6) is 0 Å². The van der Waals surface area contributed by atoms with E-state index < -0.39 is 8.25 Å². The minimum Gasteiger partial charge on any atom is -0.153 e. The Hall–Kier alpha value is 1.17. The number of hydrogen-bond donors (Lipinski definition) is 2. The highest BCUT2D eigenvalue weighted by Crippen LogP contribution is 1.98. The highest BCUT2D eigenvalue weighted by atomic mass is 35.5. The molecule has 48 valence electrons. The molecule has 0 saturated carbocycles. The molecular formula is H9ClO3P3+. The Morgan fingerprint density at radius 1 is 1.14 bits per heavy atom. The summed E-state index contributed by atoms with van der Waals surface area (Å²) >= 11 is 0. The van der Waals surface area contributed by atoms with E-state index in [1.165, 1.54) is 0 Å². The molecule has 0 heterocycles. The maximum absolute atomic E-state index is 8.70. The Labute approximate surface area is 55.5 Å². The molecule has 2 N–H and O–H groups in total. The Morgan fingerprint density at radius 2 is 1.14 bits per heavy atom. The van der Waals surface area contributed by atoms with Gasteiger partial charge in [-0.1, -0.05) is 0 Å². The summed E-state index contributed by atoms with van der Waals surface area (Å²) in [5.41, 5.74) is 0.